The van der Waals surface area contributed by atoms with Crippen molar-refractivity contribution >= 4 is 43.3 Å². The molecule has 0 aromatic carbocycles. The number of hydrogen-bond donors (Lipinski definition) is 4. The van der Waals surface area contributed by atoms with Gasteiger partial charge in [0.05, 0.1) is 25.7 Å². The second-order valence-corrected chi connectivity index (χ2v) is 19.5. The molecule has 5 atom stereocenters. The summed E-state index contributed by atoms with van der Waals surface area (Å²) in [7, 11) is 2.09. The number of esters is 2. The number of rotatable bonds is 30. The number of ether oxygens (including phenoxy) is 3. The number of cyclic esters (lactones) is 1. The molecule has 20 heteroatoms. The van der Waals surface area contributed by atoms with E-state index in [0.717, 1.165) is 30.6 Å². The molecule has 354 valence electrons. The van der Waals surface area contributed by atoms with Crippen molar-refractivity contribution in [3.05, 3.63) is 11.5 Å². The second-order valence-electron chi connectivity index (χ2n) is 16.8. The zero-order valence-corrected chi connectivity index (χ0v) is 38.3. The third-order valence-corrected chi connectivity index (χ3v) is 13.8. The molecule has 3 rings (SSSR count). The fourth-order valence-corrected chi connectivity index (χ4v) is 9.28. The third kappa shape index (κ3) is 16.1. The Morgan fingerprint density at radius 3 is 2.02 bits per heavy atom. The van der Waals surface area contributed by atoms with Crippen LogP contribution in [0.4, 0.5) is 0 Å². The third-order valence-electron chi connectivity index (χ3n) is 11.4. The molecule has 2 saturated heterocycles. The quantitative estimate of drug-likeness (QED) is 0.0447. The van der Waals surface area contributed by atoms with Crippen molar-refractivity contribution in [1.82, 2.24) is 24.5 Å². The lowest BCUT2D eigenvalue weighted by atomic mass is 10.0. The Kier molecular flexibility index (Phi) is 22.7. The Labute approximate surface area is 366 Å². The van der Waals surface area contributed by atoms with Gasteiger partial charge in [-0.05, 0) is 47.5 Å². The molecule has 62 heavy (non-hydrogen) atoms. The Morgan fingerprint density at radius 2 is 1.45 bits per heavy atom. The van der Waals surface area contributed by atoms with Crippen LogP contribution in [0, 0.1) is 0 Å². The van der Waals surface area contributed by atoms with Crippen LogP contribution in [0.2, 0.25) is 0 Å². The van der Waals surface area contributed by atoms with Crippen LogP contribution in [0.15, 0.2) is 11.5 Å². The van der Waals surface area contributed by atoms with Crippen molar-refractivity contribution in [1.29, 1.82) is 0 Å². The Hall–Kier alpha value is -3.77. The number of aliphatic hydroxyl groups excluding tert-OH is 2. The Balaban J connectivity index is 1.50. The van der Waals surface area contributed by atoms with E-state index in [1.807, 2.05) is 0 Å². The molecule has 3 amide bonds. The summed E-state index contributed by atoms with van der Waals surface area (Å²) in [6, 6.07) is -2.13. The van der Waals surface area contributed by atoms with E-state index >= 15 is 0 Å². The molecular formula is C42H72N5O14P. The number of β-amino-alcohol motifs (C(OH)–C–C–N with tert-alkyl or cyclic N) is 1. The van der Waals surface area contributed by atoms with Crippen molar-refractivity contribution in [3.63, 3.8) is 0 Å². The van der Waals surface area contributed by atoms with Crippen molar-refractivity contribution in [2.24, 2.45) is 0 Å². The molecule has 0 bridgehead atoms. The first-order valence-electron chi connectivity index (χ1n) is 22.4. The van der Waals surface area contributed by atoms with Crippen LogP contribution in [-0.2, 0) is 52.1 Å². The summed E-state index contributed by atoms with van der Waals surface area (Å²) in [6.45, 7) is 1.83. The first-order chi connectivity index (χ1) is 29.5. The molecule has 0 aromatic rings. The molecule has 2 fully saturated rings. The van der Waals surface area contributed by atoms with Crippen molar-refractivity contribution in [2.45, 2.75) is 159 Å². The van der Waals surface area contributed by atoms with Crippen LogP contribution >= 0.6 is 7.67 Å². The van der Waals surface area contributed by atoms with Gasteiger partial charge in [0.25, 0.3) is 5.76 Å². The minimum Gasteiger partial charge on any atom is -0.505 e. The first-order valence-corrected chi connectivity index (χ1v) is 23.9. The molecule has 3 aliphatic heterocycles. The molecule has 19 nitrogen and oxygen atoms in total. The molecule has 0 aliphatic carbocycles. The summed E-state index contributed by atoms with van der Waals surface area (Å²) < 4.78 is 38.3. The lowest BCUT2D eigenvalue weighted by Crippen LogP contribution is -2.52. The van der Waals surface area contributed by atoms with E-state index in [1.54, 1.807) is 0 Å². The average molecular weight is 902 g/mol. The largest absolute Gasteiger partial charge is 0.505 e. The number of carboxylic acid groups (broad SMARTS) is 1. The summed E-state index contributed by atoms with van der Waals surface area (Å²) >= 11 is 0. The van der Waals surface area contributed by atoms with E-state index in [2.05, 4.69) is 12.2 Å². The van der Waals surface area contributed by atoms with Crippen LogP contribution in [0.3, 0.4) is 0 Å². The monoisotopic (exact) mass is 901 g/mol. The van der Waals surface area contributed by atoms with E-state index in [-0.39, 0.29) is 26.1 Å². The maximum Gasteiger partial charge on any atom is 0.395 e. The summed E-state index contributed by atoms with van der Waals surface area (Å²) in [4.78, 5) is 79.1. The highest BCUT2D eigenvalue weighted by atomic mass is 31.2. The van der Waals surface area contributed by atoms with Gasteiger partial charge in [0.15, 0.2) is 11.9 Å². The topological polar surface area (TPSA) is 242 Å². The number of amides is 3. The van der Waals surface area contributed by atoms with Gasteiger partial charge in [-0.15, -0.1) is 0 Å². The van der Waals surface area contributed by atoms with Gasteiger partial charge in [-0.2, -0.15) is 0 Å². The SMILES string of the molecule is CCCCCCCCCCCCCCCCOCC(OC(=O)CCC(=O)NCC(=O)N1CCCC1C(=O)N1CC(O)CC1C(=O)O)C1OC(=O)C(OP(=O)(N(C)C)N(C)C)=C1O. The zero-order valence-electron chi connectivity index (χ0n) is 37.4. The van der Waals surface area contributed by atoms with Gasteiger partial charge in [0, 0.05) is 32.5 Å². The lowest BCUT2D eigenvalue weighted by molar-refractivity contribution is -0.167. The van der Waals surface area contributed by atoms with Gasteiger partial charge in [-0.1, -0.05) is 90.4 Å². The van der Waals surface area contributed by atoms with E-state index in [4.69, 9.17) is 18.7 Å². The standard InChI is InChI=1S/C42H72N5O14P/c1-6-7-8-9-10-11-12-13-14-15-16-17-18-19-25-58-29-33(38-37(52)39(42(56)60-38)61-62(57,44(2)3)45(4)5)59-36(51)23-22-34(49)43-27-35(50)46-24-20-21-31(46)40(53)47-28-30(48)26-32(47)41(54)55/h30-33,38,48,52H,6-29H2,1-5H3,(H,43,49)(H,54,55). The number of likely N-dealkylation sites (tertiary alicyclic amines) is 2. The molecule has 0 spiro atoms. The van der Waals surface area contributed by atoms with E-state index < -0.39 is 105 Å². The van der Waals surface area contributed by atoms with Crippen LogP contribution in [-0.4, -0.2) is 162 Å². The van der Waals surface area contributed by atoms with Crippen LogP contribution in [0.5, 0.6) is 0 Å². The van der Waals surface area contributed by atoms with Gasteiger partial charge < -0.3 is 49.2 Å². The minimum atomic E-state index is -3.80. The van der Waals surface area contributed by atoms with Crippen LogP contribution in [0.25, 0.3) is 0 Å². The normalized spacial score (nSPS) is 20.9. The fraction of sp³-hybridized carbons (Fsp3) is 0.810. The smallest absolute Gasteiger partial charge is 0.395 e. The minimum absolute atomic E-state index is 0.108. The number of unbranched alkanes of at least 4 members (excludes halogenated alkanes) is 13. The fourth-order valence-electron chi connectivity index (χ4n) is 7.83. The highest BCUT2D eigenvalue weighted by Crippen LogP contribution is 2.53. The maximum absolute atomic E-state index is 13.5. The lowest BCUT2D eigenvalue weighted by Gasteiger charge is -2.30. The number of carboxylic acids is 1. The Morgan fingerprint density at radius 1 is 0.871 bits per heavy atom. The number of carbonyl (C=O) groups is 6. The number of aliphatic hydroxyl groups is 2. The predicted octanol–water partition coefficient (Wildman–Crippen LogP) is 4.27. The molecule has 0 radical (unpaired) electrons. The van der Waals surface area contributed by atoms with E-state index in [9.17, 15) is 48.7 Å². The number of carbonyl (C=O) groups excluding carboxylic acids is 5. The van der Waals surface area contributed by atoms with E-state index in [0.29, 0.717) is 19.4 Å². The molecule has 0 saturated carbocycles. The van der Waals surface area contributed by atoms with Gasteiger partial charge >= 0.3 is 25.6 Å². The van der Waals surface area contributed by atoms with Gasteiger partial charge in [0.1, 0.15) is 12.1 Å². The highest BCUT2D eigenvalue weighted by molar-refractivity contribution is 7.54. The molecule has 0 aromatic heterocycles. The highest BCUT2D eigenvalue weighted by Gasteiger charge is 2.47. The predicted molar refractivity (Wildman–Crippen MR) is 227 cm³/mol. The molecule has 4 N–H and O–H groups in total. The van der Waals surface area contributed by atoms with Crippen molar-refractivity contribution < 1.29 is 67.4 Å². The van der Waals surface area contributed by atoms with Crippen molar-refractivity contribution in [2.75, 3.05) is 61.0 Å². The maximum atomic E-state index is 13.5. The van der Waals surface area contributed by atoms with Gasteiger partial charge in [0.2, 0.25) is 23.8 Å². The average Bonchev–Trinajstić information content (AvgIpc) is 3.95. The zero-order chi connectivity index (χ0) is 45.8. The first kappa shape index (κ1) is 52.6. The molecular weight excluding hydrogens is 829 g/mol. The summed E-state index contributed by atoms with van der Waals surface area (Å²) in [5.41, 5.74) is 0. The second kappa shape index (κ2) is 26.8. The summed E-state index contributed by atoms with van der Waals surface area (Å²) in [6.07, 6.45) is 12.6. The molecule has 3 aliphatic rings. The van der Waals surface area contributed by atoms with Crippen molar-refractivity contribution in [3.8, 4) is 0 Å². The summed E-state index contributed by atoms with van der Waals surface area (Å²) in [5, 5.41) is 33.0. The van der Waals surface area contributed by atoms with Gasteiger partial charge in [-0.25, -0.2) is 23.5 Å². The number of aliphatic carboxylic acids is 1. The number of hydrogen-bond acceptors (Lipinski definition) is 13. The van der Waals surface area contributed by atoms with Crippen LogP contribution in [0.1, 0.15) is 129 Å². The number of nitrogens with zero attached hydrogens (tertiary/aromatic N) is 4. The van der Waals surface area contributed by atoms with E-state index in [1.165, 1.54) is 107 Å². The summed E-state index contributed by atoms with van der Waals surface area (Å²) in [5.74, 6) is -6.51. The molecule has 3 heterocycles. The Bertz CT molecular complexity index is 1570. The molecule has 5 unspecified atom stereocenters. The number of nitrogens with one attached hydrogen (secondary N) is 1. The van der Waals surface area contributed by atoms with Crippen LogP contribution < -0.4 is 5.32 Å². The van der Waals surface area contributed by atoms with Gasteiger partial charge in [-0.3, -0.25) is 19.2 Å².